The normalized spacial score (nSPS) is 37.8. The molecule has 6 fully saturated rings. The van der Waals surface area contributed by atoms with Crippen LogP contribution in [0.2, 0.25) is 0 Å². The van der Waals surface area contributed by atoms with E-state index in [0.717, 1.165) is 70.6 Å². The van der Waals surface area contributed by atoms with E-state index in [2.05, 4.69) is 38.2 Å². The summed E-state index contributed by atoms with van der Waals surface area (Å²) in [7, 11) is -5.86. The average Bonchev–Trinajstić information content (AvgIpc) is 0.761. The number of hydrogen-bond acceptors (Lipinski definition) is 37. The lowest BCUT2D eigenvalue weighted by Gasteiger charge is -2.49. The van der Waals surface area contributed by atoms with Crippen LogP contribution in [0.1, 0.15) is 194 Å². The van der Waals surface area contributed by atoms with E-state index in [1.54, 1.807) is 0 Å². The van der Waals surface area contributed by atoms with Crippen LogP contribution in [0.3, 0.4) is 0 Å². The Labute approximate surface area is 664 Å². The van der Waals surface area contributed by atoms with E-state index in [1.165, 1.54) is 70.6 Å². The first kappa shape index (κ1) is 100. The summed E-state index contributed by atoms with van der Waals surface area (Å²) in [5, 5.41) is 217. The Bertz CT molecular complexity index is 2730. The van der Waals surface area contributed by atoms with Crippen LogP contribution in [-0.4, -0.2) is 361 Å². The Morgan fingerprint density at radius 3 is 0.991 bits per heavy atom. The molecule has 114 heavy (non-hydrogen) atoms. The largest absolute Gasteiger partial charge is 0.472 e. The van der Waals surface area contributed by atoms with Crippen LogP contribution in [0.4, 0.5) is 0 Å². The number of unbranched alkanes of at least 4 members (excludes halogenated alkanes) is 22. The maximum atomic E-state index is 14.5. The van der Waals surface area contributed by atoms with Crippen molar-refractivity contribution in [1.29, 1.82) is 0 Å². The number of hydrogen-bond donors (Lipinski definition) is 21. The summed E-state index contributed by atoms with van der Waals surface area (Å²) in [5.74, 6) is -1.50. The molecule has 38 nitrogen and oxygen atoms in total. The van der Waals surface area contributed by atoms with Crippen LogP contribution in [0.25, 0.3) is 0 Å². The topological polar surface area (TPSA) is 605 Å². The highest BCUT2D eigenvalue weighted by atomic mass is 31.2. The van der Waals surface area contributed by atoms with Crippen molar-refractivity contribution in [3.8, 4) is 0 Å². The highest BCUT2D eigenvalue weighted by Crippen LogP contribution is 2.49. The maximum absolute atomic E-state index is 14.5. The Hall–Kier alpha value is -2.67. The molecule has 0 radical (unpaired) electrons. The molecule has 0 amide bonds. The predicted octanol–water partition coefficient (Wildman–Crippen LogP) is -2.04. The van der Waals surface area contributed by atoms with Gasteiger partial charge in [0.05, 0.1) is 39.6 Å². The Balaban J connectivity index is 1.13. The standard InChI is InChI=1S/C75H133O38P/c1-3-5-7-9-11-13-15-17-19-21-23-25-27-29-31-33-48(78)100-37-42(105-49(79)34-32-30-28-26-24-22-20-18-16-14-12-10-8-6-4-2)38-104-114(98,99)113-70-68(111-74-66(96)56(86)51(81)44(36-77)107-74)61(91)60(90)62(92)69(70)112-75-67(97)59(89)54(84)47(110-75)41-103-73-65(95)58(88)53(83)46(109-73)40-102-72-64(94)57(87)52(82)45(108-72)39-101-71-63(93)55(85)50(80)43(35-76)106-71/h17-20,42-47,50-77,80-97H,3-16,21-41H2,1-2H3,(H,98,99)/b19-17-,20-18-/t42-,43?,44?,45?,46?,47?,50+,51-,52+,53+,54+,55?,56?,57?,58?,59?,60+,61?,62?,63+,64+,65+,66-,67+,68-,69?,70+,71-,72-,73-,74-,75+/m1/s1. The number of phosphoric acid groups is 1. The van der Waals surface area contributed by atoms with Crippen molar-refractivity contribution in [3.05, 3.63) is 24.3 Å². The predicted molar refractivity (Wildman–Crippen MR) is 394 cm³/mol. The van der Waals surface area contributed by atoms with Gasteiger partial charge in [-0.1, -0.05) is 141 Å². The monoisotopic (exact) mass is 1670 g/mol. The van der Waals surface area contributed by atoms with Crippen LogP contribution >= 0.6 is 7.82 Å². The minimum atomic E-state index is -5.86. The summed E-state index contributed by atoms with van der Waals surface area (Å²) in [4.78, 5) is 38.4. The molecule has 39 heteroatoms. The number of aliphatic hydroxyl groups is 20. The van der Waals surface area contributed by atoms with E-state index in [1.807, 2.05) is 0 Å². The highest BCUT2D eigenvalue weighted by Gasteiger charge is 2.59. The van der Waals surface area contributed by atoms with Crippen LogP contribution in [0, 0.1) is 0 Å². The van der Waals surface area contributed by atoms with Crippen molar-refractivity contribution >= 4 is 19.8 Å². The van der Waals surface area contributed by atoms with Gasteiger partial charge in [-0.15, -0.1) is 0 Å². The van der Waals surface area contributed by atoms with Gasteiger partial charge in [0.1, 0.15) is 165 Å². The zero-order chi connectivity index (χ0) is 83.6. The number of phosphoric ester groups is 1. The van der Waals surface area contributed by atoms with E-state index in [0.29, 0.717) is 25.7 Å². The summed E-state index contributed by atoms with van der Waals surface area (Å²) in [6.45, 7) is -1.93. The van der Waals surface area contributed by atoms with Gasteiger partial charge in [-0.2, -0.15) is 0 Å². The van der Waals surface area contributed by atoms with Gasteiger partial charge in [0.2, 0.25) is 0 Å². The summed E-state index contributed by atoms with van der Waals surface area (Å²) >= 11 is 0. The van der Waals surface area contributed by atoms with E-state index in [4.69, 9.17) is 65.9 Å². The molecule has 0 aromatic rings. The lowest BCUT2D eigenvalue weighted by atomic mass is 9.84. The van der Waals surface area contributed by atoms with Crippen LogP contribution < -0.4 is 0 Å². The van der Waals surface area contributed by atoms with Gasteiger partial charge in [0, 0.05) is 12.8 Å². The van der Waals surface area contributed by atoms with Gasteiger partial charge in [0.25, 0.3) is 0 Å². The lowest BCUT2D eigenvalue weighted by molar-refractivity contribution is -0.365. The van der Waals surface area contributed by atoms with Crippen molar-refractivity contribution < 1.29 is 187 Å². The molecule has 0 aromatic carbocycles. The third kappa shape index (κ3) is 31.3. The second kappa shape index (κ2) is 52.6. The van der Waals surface area contributed by atoms with E-state index < -0.39 is 262 Å². The maximum Gasteiger partial charge on any atom is 0.472 e. The van der Waals surface area contributed by atoms with Crippen molar-refractivity contribution in [3.63, 3.8) is 0 Å². The number of aliphatic hydroxyl groups excluding tert-OH is 20. The fourth-order valence-corrected chi connectivity index (χ4v) is 15.0. The van der Waals surface area contributed by atoms with Crippen LogP contribution in [-0.2, 0) is 80.0 Å². The summed E-state index contributed by atoms with van der Waals surface area (Å²) in [6, 6.07) is 0. The van der Waals surface area contributed by atoms with Crippen molar-refractivity contribution in [1.82, 2.24) is 0 Å². The number of allylic oxidation sites excluding steroid dienone is 4. The quantitative estimate of drug-likeness (QED) is 0.0135. The molecule has 14 unspecified atom stereocenters. The second-order valence-electron chi connectivity index (χ2n) is 30.4. The molecule has 21 N–H and O–H groups in total. The van der Waals surface area contributed by atoms with Gasteiger partial charge in [-0.25, -0.2) is 4.57 Å². The smallest absolute Gasteiger partial charge is 0.462 e. The van der Waals surface area contributed by atoms with E-state index in [9.17, 15) is 121 Å². The molecular weight excluding hydrogens is 1540 g/mol. The van der Waals surface area contributed by atoms with Gasteiger partial charge in [0.15, 0.2) is 37.6 Å². The zero-order valence-corrected chi connectivity index (χ0v) is 66.2. The Morgan fingerprint density at radius 1 is 0.342 bits per heavy atom. The van der Waals surface area contributed by atoms with Gasteiger partial charge < -0.3 is 164 Å². The highest BCUT2D eigenvalue weighted by molar-refractivity contribution is 7.47. The number of ether oxygens (including phenoxy) is 12. The van der Waals surface area contributed by atoms with Crippen molar-refractivity contribution in [2.45, 2.75) is 390 Å². The second-order valence-corrected chi connectivity index (χ2v) is 31.8. The number of carbonyl (C=O) groups excluding carboxylic acids is 2. The molecule has 6 aliphatic rings. The first-order valence-corrected chi connectivity index (χ1v) is 42.2. The van der Waals surface area contributed by atoms with Crippen LogP contribution in [0.5, 0.6) is 0 Å². The Kier molecular flexibility index (Phi) is 46.2. The number of carbonyl (C=O) groups is 2. The van der Waals surface area contributed by atoms with E-state index in [-0.39, 0.29) is 12.8 Å². The van der Waals surface area contributed by atoms with E-state index >= 15 is 0 Å². The zero-order valence-electron chi connectivity index (χ0n) is 65.3. The molecule has 5 aliphatic heterocycles. The molecule has 1 aliphatic carbocycles. The SMILES string of the molecule is CCCCCCCC/C=C\CCCCCCCC(=O)OC[C@H](COP(=O)(O)O[C@@H]1C(O[C@@H]2OC(CO[C@@H]3OC(CO[C@@H]4OC(CO[C@@H]5OC(CO)[C@H](O)C(O)[C@@H]5O)[C@H](O)C(O)[C@@H]4O)[C@H](O)C(O)[C@@H]3O)[C@H](O)C(O)[C@@H]2O)C(O)[C@@H](O)C(O)[C@H]1O[C@H]1OC(CO)[C@@H](O)C(O)[C@H]1O)OC(=O)CCCCCCC/C=C\CCCCCCCC. The lowest BCUT2D eigenvalue weighted by Crippen LogP contribution is -2.69. The van der Waals surface area contributed by atoms with Crippen molar-refractivity contribution in [2.24, 2.45) is 0 Å². The molecule has 666 valence electrons. The molecular formula is C75H133O38P. The fraction of sp³-hybridized carbons (Fsp3) is 0.920. The summed E-state index contributed by atoms with van der Waals surface area (Å²) < 4.78 is 92.9. The molecule has 0 aromatic heterocycles. The molecule has 6 rings (SSSR count). The van der Waals surface area contributed by atoms with Gasteiger partial charge >= 0.3 is 19.8 Å². The minimum Gasteiger partial charge on any atom is -0.462 e. The summed E-state index contributed by atoms with van der Waals surface area (Å²) in [5.41, 5.74) is 0. The molecule has 0 spiro atoms. The molecule has 1 saturated carbocycles. The molecule has 0 bridgehead atoms. The third-order valence-electron chi connectivity index (χ3n) is 21.3. The Morgan fingerprint density at radius 2 is 0.632 bits per heavy atom. The van der Waals surface area contributed by atoms with Crippen molar-refractivity contribution in [2.75, 3.05) is 46.2 Å². The number of rotatable bonds is 53. The van der Waals surface area contributed by atoms with Gasteiger partial charge in [-0.05, 0) is 64.2 Å². The first-order chi connectivity index (χ1) is 54.5. The fourth-order valence-electron chi connectivity index (χ4n) is 14.1. The minimum absolute atomic E-state index is 0.0326. The third-order valence-corrected chi connectivity index (χ3v) is 22.3. The average molecular weight is 1670 g/mol. The van der Waals surface area contributed by atoms with Gasteiger partial charge in [-0.3, -0.25) is 18.6 Å². The summed E-state index contributed by atoms with van der Waals surface area (Å²) in [6.07, 6.45) is -31.7. The number of esters is 2. The van der Waals surface area contributed by atoms with Crippen LogP contribution in [0.15, 0.2) is 24.3 Å². The molecule has 33 atom stereocenters. The molecule has 5 heterocycles. The molecule has 5 saturated heterocycles. The first-order valence-electron chi connectivity index (χ1n) is 40.7.